The van der Waals surface area contributed by atoms with Crippen molar-refractivity contribution in [2.24, 2.45) is 5.34 Å². The second-order valence-electron chi connectivity index (χ2n) is 0.0816. The first-order chi connectivity index (χ1) is 1.41. The predicted octanol–water partition coefficient (Wildman–Crippen LogP) is 0.140. The van der Waals surface area contributed by atoms with Crippen molar-refractivity contribution in [2.45, 2.75) is 0 Å². The predicted molar refractivity (Wildman–Crippen MR) is 7.58 cm³/mol. The van der Waals surface area contributed by atoms with Gasteiger partial charge in [-0.2, -0.15) is 0 Å². The third kappa shape index (κ3) is 368. The van der Waals surface area contributed by atoms with Crippen molar-refractivity contribution >= 4 is 0 Å². The van der Waals surface area contributed by atoms with E-state index in [1.165, 1.54) is 5.34 Å². The third-order valence-corrected chi connectivity index (χ3v) is 0. The summed E-state index contributed by atoms with van der Waals surface area (Å²) in [6, 6.07) is 0. The second kappa shape index (κ2) is 12.6. The summed E-state index contributed by atoms with van der Waals surface area (Å²) in [5, 5.41) is 7.89. The minimum Gasteiger partial charge on any atom is -0.379 e. The van der Waals surface area contributed by atoms with E-state index in [9.17, 15) is 0 Å². The van der Waals surface area contributed by atoms with Crippen LogP contribution >= 0.6 is 0 Å². The Morgan fingerprint density at radius 2 is 1.75 bits per heavy atom. The van der Waals surface area contributed by atoms with Crippen molar-refractivity contribution in [3.05, 3.63) is 4.91 Å². The summed E-state index contributed by atoms with van der Waals surface area (Å²) in [5.41, 5.74) is 0. The molecule has 0 saturated carbocycles. The van der Waals surface area contributed by atoms with E-state index in [1.54, 1.807) is 0 Å². The van der Waals surface area contributed by atoms with E-state index in [0.717, 1.165) is 0 Å². The Balaban J connectivity index is 0. The Hall–Kier alpha value is -0.0675. The Labute approximate surface area is 33.7 Å². The molecule has 0 unspecified atom stereocenters. The molecule has 0 aliphatic rings. The number of nitrogens with zero attached hydrogens (tertiary/aromatic N) is 1. The van der Waals surface area contributed by atoms with Crippen molar-refractivity contribution in [1.82, 2.24) is 0 Å². The van der Waals surface area contributed by atoms with Crippen LogP contribution in [0.4, 0.5) is 0 Å². The average Bonchev–Trinajstić information content (AvgIpc) is 0.918. The molecule has 24 valence electrons. The van der Waals surface area contributed by atoms with Crippen LogP contribution in [0.1, 0.15) is 0 Å². The van der Waals surface area contributed by atoms with Crippen molar-refractivity contribution in [3.63, 3.8) is 0 Å². The molecular formula is HCrNO2. The van der Waals surface area contributed by atoms with E-state index >= 15 is 0 Å². The summed E-state index contributed by atoms with van der Waals surface area (Å²) in [7, 11) is 0. The summed E-state index contributed by atoms with van der Waals surface area (Å²) in [6.07, 6.45) is 0. The Morgan fingerprint density at radius 1 is 1.75 bits per heavy atom. The molecule has 0 aromatic carbocycles. The second-order valence-corrected chi connectivity index (χ2v) is 0.0816. The van der Waals surface area contributed by atoms with Crippen molar-refractivity contribution < 1.29 is 22.6 Å². The van der Waals surface area contributed by atoms with Gasteiger partial charge in [-0.25, -0.2) is 0 Å². The molecule has 0 aliphatic heterocycles. The van der Waals surface area contributed by atoms with Gasteiger partial charge in [-0.05, 0) is 0 Å². The Bertz CT molecular complexity index is 13.5. The van der Waals surface area contributed by atoms with E-state index in [2.05, 4.69) is 0 Å². The van der Waals surface area contributed by atoms with Gasteiger partial charge in [0.05, 0.1) is 0 Å². The fourth-order valence-electron chi connectivity index (χ4n) is 0. The molecule has 1 N–H and O–H groups in total. The van der Waals surface area contributed by atoms with Gasteiger partial charge in [-0.1, -0.05) is 0 Å². The van der Waals surface area contributed by atoms with Crippen LogP contribution in [0, 0.1) is 4.91 Å². The number of hydrogen-bond acceptors (Lipinski definition) is 2. The summed E-state index contributed by atoms with van der Waals surface area (Å²) in [6.45, 7) is 0. The first-order valence-electron chi connectivity index (χ1n) is 0.383. The molecule has 0 bridgehead atoms. The molecule has 0 saturated heterocycles. The van der Waals surface area contributed by atoms with Crippen LogP contribution in [0.3, 0.4) is 0 Å². The Kier molecular flexibility index (Phi) is 28.5. The smallest absolute Gasteiger partial charge is 0.152 e. The maximum atomic E-state index is 8.11. The van der Waals surface area contributed by atoms with Crippen molar-refractivity contribution in [2.75, 3.05) is 0 Å². The van der Waals surface area contributed by atoms with Crippen LogP contribution in [0.2, 0.25) is 0 Å². The molecule has 4 heavy (non-hydrogen) atoms. The standard InChI is InChI=1S/Cr.HNO2/c;2-1-3/h;(H,2,3). The quantitative estimate of drug-likeness (QED) is 0.347. The van der Waals surface area contributed by atoms with Gasteiger partial charge in [0.1, 0.15) is 0 Å². The summed E-state index contributed by atoms with van der Waals surface area (Å²) in [4.78, 5) is 8.11. The van der Waals surface area contributed by atoms with Gasteiger partial charge < -0.3 is 5.21 Å². The molecule has 0 radical (unpaired) electrons. The first kappa shape index (κ1) is 9.06. The molecule has 0 atom stereocenters. The van der Waals surface area contributed by atoms with Crippen LogP contribution in [-0.2, 0) is 17.4 Å². The van der Waals surface area contributed by atoms with Crippen LogP contribution in [0.5, 0.6) is 0 Å². The molecule has 0 amide bonds. The minimum absolute atomic E-state index is 0. The van der Waals surface area contributed by atoms with Gasteiger partial charge in [0, 0.05) is 17.4 Å². The van der Waals surface area contributed by atoms with Crippen LogP contribution < -0.4 is 0 Å². The third-order valence-electron chi connectivity index (χ3n) is 0. The maximum Gasteiger partial charge on any atom is 0.152 e. The van der Waals surface area contributed by atoms with Crippen LogP contribution in [0.15, 0.2) is 5.34 Å². The van der Waals surface area contributed by atoms with E-state index in [-0.39, 0.29) is 17.4 Å². The Morgan fingerprint density at radius 3 is 1.75 bits per heavy atom. The van der Waals surface area contributed by atoms with Crippen molar-refractivity contribution in [1.29, 1.82) is 0 Å². The molecular weight excluding hydrogens is 98.0 g/mol. The molecule has 4 heteroatoms. The monoisotopic (exact) mass is 98.9 g/mol. The zero-order chi connectivity index (χ0) is 2.71. The molecule has 0 rings (SSSR count). The minimum atomic E-state index is 0. The van der Waals surface area contributed by atoms with Crippen molar-refractivity contribution in [3.8, 4) is 0 Å². The first-order valence-corrected chi connectivity index (χ1v) is 0.383. The number of hydrogen-bond donors (Lipinski definition) is 1. The van der Waals surface area contributed by atoms with Gasteiger partial charge >= 0.3 is 0 Å². The molecule has 0 heterocycles. The fraction of sp³-hybridized carbons (Fsp3) is 0. The van der Waals surface area contributed by atoms with Gasteiger partial charge in [-0.15, -0.1) is 4.91 Å². The summed E-state index contributed by atoms with van der Waals surface area (Å²) < 4.78 is 0. The van der Waals surface area contributed by atoms with Crippen LogP contribution in [0.25, 0.3) is 0 Å². The largest absolute Gasteiger partial charge is 0.379 e. The molecule has 3 nitrogen and oxygen atoms in total. The fourth-order valence-corrected chi connectivity index (χ4v) is 0. The van der Waals surface area contributed by atoms with E-state index in [1.807, 2.05) is 0 Å². The summed E-state index contributed by atoms with van der Waals surface area (Å²) in [5.74, 6) is 0. The van der Waals surface area contributed by atoms with E-state index < -0.39 is 0 Å². The van der Waals surface area contributed by atoms with E-state index in [4.69, 9.17) is 10.1 Å². The molecule has 0 aromatic rings. The summed E-state index contributed by atoms with van der Waals surface area (Å²) >= 11 is 0. The van der Waals surface area contributed by atoms with Crippen LogP contribution in [-0.4, -0.2) is 5.21 Å². The van der Waals surface area contributed by atoms with Gasteiger partial charge in [-0.3, -0.25) is 0 Å². The molecule has 0 aromatic heterocycles. The van der Waals surface area contributed by atoms with Gasteiger partial charge in [0.15, 0.2) is 5.34 Å². The molecule has 0 spiro atoms. The van der Waals surface area contributed by atoms with E-state index in [0.29, 0.717) is 0 Å². The molecule has 0 aliphatic carbocycles. The molecule has 0 fully saturated rings. The zero-order valence-corrected chi connectivity index (χ0v) is 2.99. The number of rotatable bonds is 0. The SMILES string of the molecule is O=NO.[Cr]. The normalized spacial score (nSPS) is 3.00. The van der Waals surface area contributed by atoms with Gasteiger partial charge in [0.2, 0.25) is 0 Å². The average molecular weight is 99.0 g/mol. The maximum absolute atomic E-state index is 8.11. The van der Waals surface area contributed by atoms with Gasteiger partial charge in [0.25, 0.3) is 0 Å². The topological polar surface area (TPSA) is 49.7 Å². The zero-order valence-electron chi connectivity index (χ0n) is 1.71.